The SMILES string of the molecule is O=C(OC1[C@H](O)[C@H](O)C(O)[C@H](O)[C@H]1O)c1cccnc1. The number of hydrogen-bond acceptors (Lipinski definition) is 8. The molecule has 0 bridgehead atoms. The van der Waals surface area contributed by atoms with E-state index >= 15 is 0 Å². The summed E-state index contributed by atoms with van der Waals surface area (Å²) in [6, 6.07) is 2.91. The molecular formula is C12H15NO7. The number of rotatable bonds is 2. The predicted molar refractivity (Wildman–Crippen MR) is 63.5 cm³/mol. The number of aliphatic hydroxyl groups excluding tert-OH is 5. The number of nitrogens with zero attached hydrogens (tertiary/aromatic N) is 1. The minimum absolute atomic E-state index is 0.0852. The summed E-state index contributed by atoms with van der Waals surface area (Å²) in [7, 11) is 0. The first-order valence-corrected chi connectivity index (χ1v) is 5.95. The lowest BCUT2D eigenvalue weighted by molar-refractivity contribution is -0.223. The molecule has 1 aliphatic rings. The number of esters is 1. The van der Waals surface area contributed by atoms with E-state index in [4.69, 9.17) is 4.74 Å². The van der Waals surface area contributed by atoms with Crippen LogP contribution in [0.25, 0.3) is 0 Å². The molecular weight excluding hydrogens is 270 g/mol. The molecule has 5 N–H and O–H groups in total. The van der Waals surface area contributed by atoms with Crippen LogP contribution in [-0.4, -0.2) is 73.1 Å². The number of carbonyl (C=O) groups is 1. The minimum Gasteiger partial charge on any atom is -0.453 e. The number of hydrogen-bond donors (Lipinski definition) is 5. The van der Waals surface area contributed by atoms with Crippen molar-refractivity contribution in [2.75, 3.05) is 0 Å². The Morgan fingerprint density at radius 2 is 1.55 bits per heavy atom. The van der Waals surface area contributed by atoms with Crippen LogP contribution in [0.2, 0.25) is 0 Å². The van der Waals surface area contributed by atoms with Gasteiger partial charge in [-0.2, -0.15) is 0 Å². The topological polar surface area (TPSA) is 140 Å². The fraction of sp³-hybridized carbons (Fsp3) is 0.500. The molecule has 1 aromatic heterocycles. The van der Waals surface area contributed by atoms with Gasteiger partial charge in [0, 0.05) is 12.4 Å². The van der Waals surface area contributed by atoms with E-state index in [-0.39, 0.29) is 5.56 Å². The van der Waals surface area contributed by atoms with Crippen molar-refractivity contribution in [3.05, 3.63) is 30.1 Å². The Labute approximate surface area is 113 Å². The molecule has 0 amide bonds. The second kappa shape index (κ2) is 5.81. The summed E-state index contributed by atoms with van der Waals surface area (Å²) in [5.41, 5.74) is 0.0852. The van der Waals surface area contributed by atoms with Crippen LogP contribution >= 0.6 is 0 Å². The van der Waals surface area contributed by atoms with Gasteiger partial charge in [0.15, 0.2) is 6.10 Å². The lowest BCUT2D eigenvalue weighted by Gasteiger charge is -2.41. The Kier molecular flexibility index (Phi) is 4.31. The van der Waals surface area contributed by atoms with Gasteiger partial charge in [0.1, 0.15) is 30.5 Å². The molecule has 0 aliphatic heterocycles. The van der Waals surface area contributed by atoms with E-state index in [2.05, 4.69) is 4.98 Å². The Morgan fingerprint density at radius 1 is 1.00 bits per heavy atom. The lowest BCUT2D eigenvalue weighted by Crippen LogP contribution is -2.64. The third kappa shape index (κ3) is 2.65. The van der Waals surface area contributed by atoms with Crippen LogP contribution in [0.15, 0.2) is 24.5 Å². The number of ether oxygens (including phenoxy) is 1. The van der Waals surface area contributed by atoms with E-state index in [1.807, 2.05) is 0 Å². The van der Waals surface area contributed by atoms with Crippen molar-refractivity contribution in [2.45, 2.75) is 36.6 Å². The largest absolute Gasteiger partial charge is 0.453 e. The van der Waals surface area contributed by atoms with E-state index < -0.39 is 42.6 Å². The number of aliphatic hydroxyl groups is 5. The van der Waals surface area contributed by atoms with Crippen molar-refractivity contribution in [1.82, 2.24) is 4.98 Å². The second-order valence-electron chi connectivity index (χ2n) is 4.56. The monoisotopic (exact) mass is 285 g/mol. The van der Waals surface area contributed by atoms with Crippen LogP contribution in [0.3, 0.4) is 0 Å². The molecule has 0 saturated heterocycles. The molecule has 110 valence electrons. The minimum atomic E-state index is -1.74. The zero-order chi connectivity index (χ0) is 14.9. The molecule has 2 unspecified atom stereocenters. The zero-order valence-electron chi connectivity index (χ0n) is 10.3. The fourth-order valence-corrected chi connectivity index (χ4v) is 2.01. The molecule has 0 spiro atoms. The van der Waals surface area contributed by atoms with Gasteiger partial charge in [-0.1, -0.05) is 0 Å². The van der Waals surface area contributed by atoms with Crippen molar-refractivity contribution in [2.24, 2.45) is 0 Å². The van der Waals surface area contributed by atoms with Crippen LogP contribution < -0.4 is 0 Å². The molecule has 1 saturated carbocycles. The molecule has 8 nitrogen and oxygen atoms in total. The lowest BCUT2D eigenvalue weighted by atomic mass is 9.85. The molecule has 1 heterocycles. The second-order valence-corrected chi connectivity index (χ2v) is 4.56. The van der Waals surface area contributed by atoms with Gasteiger partial charge in [-0.15, -0.1) is 0 Å². The van der Waals surface area contributed by atoms with Gasteiger partial charge in [0.2, 0.25) is 0 Å². The van der Waals surface area contributed by atoms with Crippen molar-refractivity contribution >= 4 is 5.97 Å². The van der Waals surface area contributed by atoms with Gasteiger partial charge in [0.25, 0.3) is 0 Å². The Bertz CT molecular complexity index is 452. The summed E-state index contributed by atoms with van der Waals surface area (Å²) < 4.78 is 4.88. The molecule has 1 aliphatic carbocycles. The maximum absolute atomic E-state index is 11.8. The van der Waals surface area contributed by atoms with Gasteiger partial charge in [0.05, 0.1) is 5.56 Å². The van der Waals surface area contributed by atoms with Gasteiger partial charge in [-0.25, -0.2) is 4.79 Å². The molecule has 1 aromatic rings. The molecule has 0 aromatic carbocycles. The predicted octanol–water partition coefficient (Wildman–Crippen LogP) is -2.57. The Morgan fingerprint density at radius 3 is 2.05 bits per heavy atom. The quantitative estimate of drug-likeness (QED) is 0.373. The molecule has 6 atom stereocenters. The summed E-state index contributed by atoms with van der Waals surface area (Å²) in [6.07, 6.45) is -7.52. The van der Waals surface area contributed by atoms with Gasteiger partial charge >= 0.3 is 5.97 Å². The van der Waals surface area contributed by atoms with Crippen molar-refractivity contribution < 1.29 is 35.1 Å². The van der Waals surface area contributed by atoms with Crippen LogP contribution in [0.5, 0.6) is 0 Å². The molecule has 0 radical (unpaired) electrons. The van der Waals surface area contributed by atoms with Crippen LogP contribution in [-0.2, 0) is 4.74 Å². The maximum Gasteiger partial charge on any atom is 0.340 e. The van der Waals surface area contributed by atoms with E-state index in [0.717, 1.165) is 0 Å². The highest BCUT2D eigenvalue weighted by Gasteiger charge is 2.50. The third-order valence-corrected chi connectivity index (χ3v) is 3.21. The zero-order valence-corrected chi connectivity index (χ0v) is 10.3. The molecule has 1 fully saturated rings. The molecule has 2 rings (SSSR count). The van der Waals surface area contributed by atoms with Gasteiger partial charge in [-0.3, -0.25) is 4.98 Å². The average molecular weight is 285 g/mol. The number of pyridine rings is 1. The van der Waals surface area contributed by atoms with Crippen LogP contribution in [0, 0.1) is 0 Å². The Hall–Kier alpha value is -1.58. The van der Waals surface area contributed by atoms with Gasteiger partial charge < -0.3 is 30.3 Å². The summed E-state index contributed by atoms with van der Waals surface area (Å²) in [5.74, 6) is -0.878. The van der Waals surface area contributed by atoms with E-state index in [1.165, 1.54) is 24.5 Å². The molecule has 8 heteroatoms. The normalized spacial score (nSPS) is 37.5. The smallest absolute Gasteiger partial charge is 0.340 e. The van der Waals surface area contributed by atoms with Crippen LogP contribution in [0.1, 0.15) is 10.4 Å². The standard InChI is InChI=1S/C12H15NO7/c14-6-7(15)9(17)11(10(18)8(6)16)20-12(19)5-2-1-3-13-4-5/h1-4,6-11,14-18H/t6?,7-,8+,9-,10-,11?/m1/s1. The van der Waals surface area contributed by atoms with Gasteiger partial charge in [-0.05, 0) is 12.1 Å². The Balaban J connectivity index is 2.13. The van der Waals surface area contributed by atoms with Crippen molar-refractivity contribution in [3.8, 4) is 0 Å². The number of aromatic nitrogens is 1. The third-order valence-electron chi connectivity index (χ3n) is 3.21. The summed E-state index contributed by atoms with van der Waals surface area (Å²) in [4.78, 5) is 15.5. The van der Waals surface area contributed by atoms with E-state index in [0.29, 0.717) is 0 Å². The highest BCUT2D eigenvalue weighted by Crippen LogP contribution is 2.24. The van der Waals surface area contributed by atoms with E-state index in [1.54, 1.807) is 0 Å². The first-order chi connectivity index (χ1) is 9.43. The molecule has 20 heavy (non-hydrogen) atoms. The summed E-state index contributed by atoms with van der Waals surface area (Å²) >= 11 is 0. The van der Waals surface area contributed by atoms with Crippen molar-refractivity contribution in [1.29, 1.82) is 0 Å². The van der Waals surface area contributed by atoms with E-state index in [9.17, 15) is 30.3 Å². The summed E-state index contributed by atoms with van der Waals surface area (Å²) in [5, 5.41) is 47.8. The first kappa shape index (κ1) is 14.8. The maximum atomic E-state index is 11.8. The fourth-order valence-electron chi connectivity index (χ4n) is 2.01. The summed E-state index contributed by atoms with van der Waals surface area (Å²) in [6.45, 7) is 0. The highest BCUT2D eigenvalue weighted by atomic mass is 16.6. The van der Waals surface area contributed by atoms with Crippen LogP contribution in [0.4, 0.5) is 0 Å². The average Bonchev–Trinajstić information content (AvgIpc) is 2.48. The number of carbonyl (C=O) groups excluding carboxylic acids is 1. The first-order valence-electron chi connectivity index (χ1n) is 5.95. The van der Waals surface area contributed by atoms with Crippen molar-refractivity contribution in [3.63, 3.8) is 0 Å². The highest BCUT2D eigenvalue weighted by molar-refractivity contribution is 5.89.